The Bertz CT molecular complexity index is 1070. The fourth-order valence-corrected chi connectivity index (χ4v) is 4.77. The molecule has 3 heterocycles. The maximum atomic E-state index is 12.8. The molecule has 0 saturated carbocycles. The molecule has 1 N–H and O–H groups in total. The molecule has 2 amide bonds. The number of likely N-dealkylation sites (tertiary alicyclic amines) is 1. The van der Waals surface area contributed by atoms with Gasteiger partial charge in [0.05, 0.1) is 11.8 Å². The summed E-state index contributed by atoms with van der Waals surface area (Å²) in [5.74, 6) is 0.468. The zero-order valence-corrected chi connectivity index (χ0v) is 24.1. The van der Waals surface area contributed by atoms with Gasteiger partial charge in [0.2, 0.25) is 0 Å². The van der Waals surface area contributed by atoms with Crippen molar-refractivity contribution in [2.75, 3.05) is 38.2 Å². The SMILES string of the molecule is CCNC(=O)c1cn(COCC[Si](C)(C)C)c2ncc(N(C)[C@@H]3CCN(C(=O)OC(C)(C)C)C3)nc12. The third kappa shape index (κ3) is 7.19. The van der Waals surface area contributed by atoms with Crippen molar-refractivity contribution in [2.24, 2.45) is 0 Å². The van der Waals surface area contributed by atoms with E-state index in [1.807, 2.05) is 44.2 Å². The molecule has 36 heavy (non-hydrogen) atoms. The van der Waals surface area contributed by atoms with E-state index in [4.69, 9.17) is 14.5 Å². The Hall–Kier alpha value is -2.66. The number of aromatic nitrogens is 3. The summed E-state index contributed by atoms with van der Waals surface area (Å²) in [6.45, 7) is 17.1. The number of carbonyl (C=O) groups excluding carboxylic acids is 2. The quantitative estimate of drug-likeness (QED) is 0.396. The number of nitrogens with one attached hydrogen (secondary N) is 1. The molecular weight excluding hydrogens is 476 g/mol. The van der Waals surface area contributed by atoms with Crippen LogP contribution < -0.4 is 10.2 Å². The van der Waals surface area contributed by atoms with Gasteiger partial charge in [-0.1, -0.05) is 19.6 Å². The van der Waals surface area contributed by atoms with E-state index in [9.17, 15) is 9.59 Å². The number of amides is 2. The van der Waals surface area contributed by atoms with Crippen LogP contribution in [-0.2, 0) is 16.2 Å². The number of likely N-dealkylation sites (N-methyl/N-ethyl adjacent to an activating group) is 1. The Balaban J connectivity index is 1.79. The van der Waals surface area contributed by atoms with Crippen LogP contribution in [0.4, 0.5) is 10.6 Å². The van der Waals surface area contributed by atoms with E-state index in [-0.39, 0.29) is 18.0 Å². The maximum Gasteiger partial charge on any atom is 0.410 e. The van der Waals surface area contributed by atoms with Gasteiger partial charge in [-0.2, -0.15) is 0 Å². The van der Waals surface area contributed by atoms with Gasteiger partial charge in [0.25, 0.3) is 5.91 Å². The minimum Gasteiger partial charge on any atom is -0.444 e. The molecule has 0 bridgehead atoms. The molecule has 0 aliphatic carbocycles. The Kier molecular flexibility index (Phi) is 8.66. The van der Waals surface area contributed by atoms with E-state index in [0.29, 0.717) is 55.5 Å². The largest absolute Gasteiger partial charge is 0.444 e. The number of fused-ring (bicyclic) bond motifs is 1. The van der Waals surface area contributed by atoms with Crippen LogP contribution in [0.25, 0.3) is 11.2 Å². The van der Waals surface area contributed by atoms with Crippen molar-refractivity contribution in [3.63, 3.8) is 0 Å². The Morgan fingerprint density at radius 1 is 1.28 bits per heavy atom. The van der Waals surface area contributed by atoms with E-state index in [0.717, 1.165) is 12.5 Å². The zero-order valence-electron chi connectivity index (χ0n) is 23.1. The molecule has 10 nitrogen and oxygen atoms in total. The molecule has 11 heteroatoms. The summed E-state index contributed by atoms with van der Waals surface area (Å²) in [6.07, 6.45) is 3.99. The molecule has 1 aliphatic rings. The molecular formula is C25H42N6O4Si. The van der Waals surface area contributed by atoms with Crippen LogP contribution in [0.1, 0.15) is 44.5 Å². The van der Waals surface area contributed by atoms with Crippen LogP contribution in [0.15, 0.2) is 12.4 Å². The fraction of sp³-hybridized carbons (Fsp3) is 0.680. The molecule has 0 unspecified atom stereocenters. The van der Waals surface area contributed by atoms with Gasteiger partial charge >= 0.3 is 6.09 Å². The summed E-state index contributed by atoms with van der Waals surface area (Å²) < 4.78 is 13.3. The first-order chi connectivity index (χ1) is 16.8. The predicted octanol–water partition coefficient (Wildman–Crippen LogP) is 3.94. The smallest absolute Gasteiger partial charge is 0.410 e. The lowest BCUT2D eigenvalue weighted by Crippen LogP contribution is -2.39. The maximum absolute atomic E-state index is 12.8. The molecule has 0 radical (unpaired) electrons. The van der Waals surface area contributed by atoms with Crippen LogP contribution in [0, 0.1) is 0 Å². The van der Waals surface area contributed by atoms with Gasteiger partial charge in [0.15, 0.2) is 5.65 Å². The van der Waals surface area contributed by atoms with Gasteiger partial charge < -0.3 is 29.2 Å². The highest BCUT2D eigenvalue weighted by atomic mass is 28.3. The van der Waals surface area contributed by atoms with Gasteiger partial charge in [-0.25, -0.2) is 14.8 Å². The van der Waals surface area contributed by atoms with Crippen LogP contribution in [0.2, 0.25) is 25.7 Å². The van der Waals surface area contributed by atoms with E-state index < -0.39 is 13.7 Å². The average molecular weight is 519 g/mol. The number of carbonyl (C=O) groups is 2. The molecule has 1 aliphatic heterocycles. The van der Waals surface area contributed by atoms with Crippen molar-refractivity contribution < 1.29 is 19.1 Å². The average Bonchev–Trinajstić information content (AvgIpc) is 3.40. The van der Waals surface area contributed by atoms with Gasteiger partial charge in [-0.05, 0) is 40.2 Å². The second-order valence-corrected chi connectivity index (χ2v) is 17.2. The van der Waals surface area contributed by atoms with Gasteiger partial charge in [-0.3, -0.25) is 4.79 Å². The lowest BCUT2D eigenvalue weighted by molar-refractivity contribution is 0.0292. The first-order valence-electron chi connectivity index (χ1n) is 12.7. The highest BCUT2D eigenvalue weighted by molar-refractivity contribution is 6.76. The van der Waals surface area contributed by atoms with Crippen molar-refractivity contribution in [1.82, 2.24) is 24.8 Å². The molecule has 3 rings (SSSR count). The summed E-state index contributed by atoms with van der Waals surface area (Å²) in [4.78, 5) is 38.6. The van der Waals surface area contributed by atoms with E-state index in [1.54, 1.807) is 17.3 Å². The molecule has 2 aromatic rings. The molecule has 1 fully saturated rings. The fourth-order valence-electron chi connectivity index (χ4n) is 4.01. The molecule has 1 saturated heterocycles. The summed E-state index contributed by atoms with van der Waals surface area (Å²) in [6, 6.07) is 1.14. The predicted molar refractivity (Wildman–Crippen MR) is 144 cm³/mol. The van der Waals surface area contributed by atoms with Crippen molar-refractivity contribution in [3.05, 3.63) is 18.0 Å². The normalized spacial score (nSPS) is 16.4. The summed E-state index contributed by atoms with van der Waals surface area (Å²) in [7, 11) is 0.752. The molecule has 200 valence electrons. The van der Waals surface area contributed by atoms with Crippen LogP contribution in [0.3, 0.4) is 0 Å². The van der Waals surface area contributed by atoms with Crippen LogP contribution in [0.5, 0.6) is 0 Å². The van der Waals surface area contributed by atoms with Crippen LogP contribution >= 0.6 is 0 Å². The Labute approximate surface area is 215 Å². The van der Waals surface area contributed by atoms with Gasteiger partial charge in [0, 0.05) is 53.6 Å². The molecule has 1 atom stereocenters. The number of ether oxygens (including phenoxy) is 2. The summed E-state index contributed by atoms with van der Waals surface area (Å²) in [5.41, 5.74) is 1.10. The first kappa shape index (κ1) is 27.9. The second-order valence-electron chi connectivity index (χ2n) is 11.6. The molecule has 2 aromatic heterocycles. The van der Waals surface area contributed by atoms with E-state index in [2.05, 4.69) is 29.9 Å². The van der Waals surface area contributed by atoms with Crippen molar-refractivity contribution in [3.8, 4) is 0 Å². The number of rotatable bonds is 9. The Morgan fingerprint density at radius 2 is 2.00 bits per heavy atom. The number of hydrogen-bond donors (Lipinski definition) is 1. The summed E-state index contributed by atoms with van der Waals surface area (Å²) >= 11 is 0. The van der Waals surface area contributed by atoms with Crippen molar-refractivity contribution in [2.45, 2.75) is 78.2 Å². The third-order valence-electron chi connectivity index (χ3n) is 6.09. The number of nitrogens with zero attached hydrogens (tertiary/aromatic N) is 5. The zero-order chi connectivity index (χ0) is 26.7. The standard InChI is InChI=1S/C25H42N6O4Si/c1-9-26-23(32)19-16-31(17-34-12-13-36(6,7)8)22-21(19)28-20(14-27-22)29(5)18-10-11-30(15-18)24(33)35-25(2,3)4/h14,16,18H,9-13,15,17H2,1-8H3,(H,26,32)/t18-/m1/s1. The molecule has 0 spiro atoms. The summed E-state index contributed by atoms with van der Waals surface area (Å²) in [5, 5.41) is 2.87. The van der Waals surface area contributed by atoms with Gasteiger partial charge in [0.1, 0.15) is 23.7 Å². The van der Waals surface area contributed by atoms with Crippen LogP contribution in [-0.4, -0.2) is 84.4 Å². The minimum atomic E-state index is -1.19. The second kappa shape index (κ2) is 11.2. The highest BCUT2D eigenvalue weighted by Gasteiger charge is 2.32. The topological polar surface area (TPSA) is 102 Å². The Morgan fingerprint density at radius 3 is 2.64 bits per heavy atom. The van der Waals surface area contributed by atoms with E-state index >= 15 is 0 Å². The first-order valence-corrected chi connectivity index (χ1v) is 16.4. The minimum absolute atomic E-state index is 0.0733. The number of hydrogen-bond acceptors (Lipinski definition) is 7. The molecule has 0 aromatic carbocycles. The van der Waals surface area contributed by atoms with E-state index in [1.165, 1.54) is 0 Å². The monoisotopic (exact) mass is 518 g/mol. The lowest BCUT2D eigenvalue weighted by Gasteiger charge is -2.27. The third-order valence-corrected chi connectivity index (χ3v) is 7.79. The highest BCUT2D eigenvalue weighted by Crippen LogP contribution is 2.25. The number of anilines is 1. The lowest BCUT2D eigenvalue weighted by atomic mass is 10.2. The van der Waals surface area contributed by atoms with Crippen molar-refractivity contribution >= 4 is 37.1 Å². The van der Waals surface area contributed by atoms with Gasteiger partial charge in [-0.15, -0.1) is 0 Å². The van der Waals surface area contributed by atoms with Crippen molar-refractivity contribution in [1.29, 1.82) is 0 Å².